The highest BCUT2D eigenvalue weighted by Crippen LogP contribution is 2.25. The second-order valence-corrected chi connectivity index (χ2v) is 7.64. The molecule has 0 unspecified atom stereocenters. The average molecular weight is 325 g/mol. The molecule has 6 heteroatoms. The molecule has 132 valence electrons. The molecule has 0 N–H and O–H groups in total. The van der Waals surface area contributed by atoms with Crippen molar-refractivity contribution in [3.8, 4) is 0 Å². The Balaban J connectivity index is 1.96. The van der Waals surface area contributed by atoms with Gasteiger partial charge in [0.15, 0.2) is 0 Å². The van der Waals surface area contributed by atoms with Crippen LogP contribution in [-0.2, 0) is 9.53 Å². The van der Waals surface area contributed by atoms with Crippen LogP contribution in [0.4, 0.5) is 4.79 Å². The standard InChI is InChI=1S/C17H31N3O3/c1-6-19(13-7-10-18(5)11-8-13)15(21)14-9-12-20(14)16(22)23-17(2,3)4/h13-14H,6-12H2,1-5H3/t14-/m1/s1. The Kier molecular flexibility index (Phi) is 5.55. The Hall–Kier alpha value is -1.30. The second-order valence-electron chi connectivity index (χ2n) is 7.64. The van der Waals surface area contributed by atoms with E-state index in [4.69, 9.17) is 4.74 Å². The predicted octanol–water partition coefficient (Wildman–Crippen LogP) is 1.94. The lowest BCUT2D eigenvalue weighted by atomic mass is 9.98. The second kappa shape index (κ2) is 7.07. The largest absolute Gasteiger partial charge is 0.444 e. The van der Waals surface area contributed by atoms with Gasteiger partial charge in [-0.3, -0.25) is 9.69 Å². The smallest absolute Gasteiger partial charge is 0.410 e. The van der Waals surface area contributed by atoms with E-state index in [0.717, 1.165) is 32.4 Å². The minimum absolute atomic E-state index is 0.0826. The van der Waals surface area contributed by atoms with Crippen molar-refractivity contribution in [3.05, 3.63) is 0 Å². The van der Waals surface area contributed by atoms with Crippen molar-refractivity contribution in [1.82, 2.24) is 14.7 Å². The molecule has 0 saturated carbocycles. The lowest BCUT2D eigenvalue weighted by Gasteiger charge is -2.45. The van der Waals surface area contributed by atoms with Crippen LogP contribution in [0.25, 0.3) is 0 Å². The number of nitrogens with zero attached hydrogens (tertiary/aromatic N) is 3. The van der Waals surface area contributed by atoms with Gasteiger partial charge in [0.2, 0.25) is 5.91 Å². The summed E-state index contributed by atoms with van der Waals surface area (Å²) in [5, 5.41) is 0. The Morgan fingerprint density at radius 1 is 1.13 bits per heavy atom. The predicted molar refractivity (Wildman–Crippen MR) is 89.3 cm³/mol. The number of rotatable bonds is 3. The Morgan fingerprint density at radius 2 is 1.74 bits per heavy atom. The molecule has 2 saturated heterocycles. The van der Waals surface area contributed by atoms with Crippen LogP contribution in [-0.4, -0.2) is 77.6 Å². The monoisotopic (exact) mass is 325 g/mol. The molecule has 0 bridgehead atoms. The van der Waals surface area contributed by atoms with E-state index in [9.17, 15) is 9.59 Å². The van der Waals surface area contributed by atoms with Gasteiger partial charge in [0.1, 0.15) is 11.6 Å². The van der Waals surface area contributed by atoms with Crippen molar-refractivity contribution in [1.29, 1.82) is 0 Å². The fourth-order valence-corrected chi connectivity index (χ4v) is 3.28. The van der Waals surface area contributed by atoms with E-state index in [2.05, 4.69) is 11.9 Å². The quantitative estimate of drug-likeness (QED) is 0.796. The summed E-state index contributed by atoms with van der Waals surface area (Å²) in [6, 6.07) is -0.0470. The van der Waals surface area contributed by atoms with Crippen molar-refractivity contribution < 1.29 is 14.3 Å². The highest BCUT2D eigenvalue weighted by molar-refractivity contribution is 5.87. The lowest BCUT2D eigenvalue weighted by Crippen LogP contribution is -2.61. The van der Waals surface area contributed by atoms with Crippen molar-refractivity contribution >= 4 is 12.0 Å². The molecule has 2 heterocycles. The van der Waals surface area contributed by atoms with E-state index in [0.29, 0.717) is 19.1 Å². The normalized spacial score (nSPS) is 23.3. The van der Waals surface area contributed by atoms with Crippen LogP contribution in [0.2, 0.25) is 0 Å². The maximum atomic E-state index is 12.9. The first-order chi connectivity index (χ1) is 10.7. The highest BCUT2D eigenvalue weighted by atomic mass is 16.6. The SMILES string of the molecule is CCN(C(=O)[C@H]1CCN1C(=O)OC(C)(C)C)C1CCN(C)CC1. The van der Waals surface area contributed by atoms with E-state index in [1.165, 1.54) is 0 Å². The third-order valence-corrected chi connectivity index (χ3v) is 4.69. The molecule has 23 heavy (non-hydrogen) atoms. The molecule has 0 radical (unpaired) electrons. The van der Waals surface area contributed by atoms with Gasteiger partial charge < -0.3 is 14.5 Å². The zero-order chi connectivity index (χ0) is 17.2. The summed E-state index contributed by atoms with van der Waals surface area (Å²) in [4.78, 5) is 30.9. The van der Waals surface area contributed by atoms with Crippen LogP contribution in [0, 0.1) is 0 Å². The molecule has 0 aromatic heterocycles. The molecule has 6 nitrogen and oxygen atoms in total. The molecule has 2 aliphatic heterocycles. The summed E-state index contributed by atoms with van der Waals surface area (Å²) in [5.41, 5.74) is -0.529. The zero-order valence-electron chi connectivity index (χ0n) is 15.2. The van der Waals surface area contributed by atoms with Gasteiger partial charge >= 0.3 is 6.09 Å². The molecular formula is C17H31N3O3. The lowest BCUT2D eigenvalue weighted by molar-refractivity contribution is -0.144. The third-order valence-electron chi connectivity index (χ3n) is 4.69. The van der Waals surface area contributed by atoms with Gasteiger partial charge in [-0.15, -0.1) is 0 Å². The van der Waals surface area contributed by atoms with Gasteiger partial charge in [0.25, 0.3) is 0 Å². The van der Waals surface area contributed by atoms with E-state index in [-0.39, 0.29) is 18.0 Å². The Morgan fingerprint density at radius 3 is 2.17 bits per heavy atom. The van der Waals surface area contributed by atoms with E-state index in [1.807, 2.05) is 32.6 Å². The van der Waals surface area contributed by atoms with Gasteiger partial charge in [-0.1, -0.05) is 0 Å². The van der Waals surface area contributed by atoms with Gasteiger partial charge in [-0.25, -0.2) is 4.79 Å². The number of ether oxygens (including phenoxy) is 1. The molecular weight excluding hydrogens is 294 g/mol. The number of likely N-dealkylation sites (N-methyl/N-ethyl adjacent to an activating group) is 1. The van der Waals surface area contributed by atoms with Gasteiger partial charge in [-0.05, 0) is 67.1 Å². The molecule has 2 aliphatic rings. The summed E-state index contributed by atoms with van der Waals surface area (Å²) < 4.78 is 5.40. The summed E-state index contributed by atoms with van der Waals surface area (Å²) in [5.74, 6) is 0.0826. The molecule has 0 spiro atoms. The number of carbonyl (C=O) groups excluding carboxylic acids is 2. The Bertz CT molecular complexity index is 439. The summed E-state index contributed by atoms with van der Waals surface area (Å²) in [6.45, 7) is 10.9. The number of hydrogen-bond acceptors (Lipinski definition) is 4. The average Bonchev–Trinajstić information content (AvgIpc) is 2.38. The minimum atomic E-state index is -0.529. The molecule has 1 atom stereocenters. The van der Waals surface area contributed by atoms with Crippen molar-refractivity contribution in [2.45, 2.75) is 64.6 Å². The highest BCUT2D eigenvalue weighted by Gasteiger charge is 2.42. The van der Waals surface area contributed by atoms with Crippen LogP contribution in [0.1, 0.15) is 47.0 Å². The van der Waals surface area contributed by atoms with Gasteiger partial charge in [0, 0.05) is 19.1 Å². The van der Waals surface area contributed by atoms with Crippen molar-refractivity contribution in [2.24, 2.45) is 0 Å². The number of hydrogen-bond donors (Lipinski definition) is 0. The molecule has 2 rings (SSSR count). The van der Waals surface area contributed by atoms with E-state index < -0.39 is 5.60 Å². The van der Waals surface area contributed by atoms with E-state index >= 15 is 0 Å². The number of amides is 2. The van der Waals surface area contributed by atoms with Crippen LogP contribution < -0.4 is 0 Å². The van der Waals surface area contributed by atoms with E-state index in [1.54, 1.807) is 4.90 Å². The van der Waals surface area contributed by atoms with Crippen LogP contribution in [0.15, 0.2) is 0 Å². The van der Waals surface area contributed by atoms with Crippen molar-refractivity contribution in [2.75, 3.05) is 33.2 Å². The maximum absolute atomic E-state index is 12.9. The molecule has 2 amide bonds. The molecule has 0 aromatic carbocycles. The van der Waals surface area contributed by atoms with Crippen LogP contribution in [0.5, 0.6) is 0 Å². The fourth-order valence-electron chi connectivity index (χ4n) is 3.28. The summed E-state index contributed by atoms with van der Waals surface area (Å²) >= 11 is 0. The first-order valence-electron chi connectivity index (χ1n) is 8.71. The number of carbonyl (C=O) groups is 2. The van der Waals surface area contributed by atoms with Crippen LogP contribution in [0.3, 0.4) is 0 Å². The molecule has 2 fully saturated rings. The molecule has 0 aromatic rings. The summed E-state index contributed by atoms with van der Waals surface area (Å²) in [6.07, 6.45) is 2.38. The Labute approximate surface area is 139 Å². The third kappa shape index (κ3) is 4.37. The first-order valence-corrected chi connectivity index (χ1v) is 8.71. The topological polar surface area (TPSA) is 53.1 Å². The first kappa shape index (κ1) is 18.0. The van der Waals surface area contributed by atoms with Gasteiger partial charge in [-0.2, -0.15) is 0 Å². The number of piperidine rings is 1. The summed E-state index contributed by atoms with van der Waals surface area (Å²) in [7, 11) is 2.12. The fraction of sp³-hybridized carbons (Fsp3) is 0.882. The van der Waals surface area contributed by atoms with Gasteiger partial charge in [0.05, 0.1) is 0 Å². The van der Waals surface area contributed by atoms with Crippen LogP contribution >= 0.6 is 0 Å². The molecule has 0 aliphatic carbocycles. The number of likely N-dealkylation sites (tertiary alicyclic amines) is 2. The van der Waals surface area contributed by atoms with Crippen molar-refractivity contribution in [3.63, 3.8) is 0 Å². The maximum Gasteiger partial charge on any atom is 0.410 e. The zero-order valence-corrected chi connectivity index (χ0v) is 15.2. The minimum Gasteiger partial charge on any atom is -0.444 e.